The summed E-state index contributed by atoms with van der Waals surface area (Å²) in [6.45, 7) is 1.64. The van der Waals surface area contributed by atoms with Crippen molar-refractivity contribution in [1.82, 2.24) is 16.0 Å². The molecule has 0 aromatic heterocycles. The van der Waals surface area contributed by atoms with Gasteiger partial charge in [0, 0.05) is 32.2 Å². The lowest BCUT2D eigenvalue weighted by atomic mass is 10.0. The molecule has 0 aliphatic heterocycles. The SMILES string of the molecule is CC(=O)CCC(NC(=O)COCCOCCNC(=O)CCC(C=O)NC(=O)CCCCCCCCCCCCCCCCC(=O)O)C(=O)O. The minimum Gasteiger partial charge on any atom is -0.481 e. The molecule has 0 aliphatic carbocycles. The highest BCUT2D eigenvalue weighted by Gasteiger charge is 2.20. The second-order valence-corrected chi connectivity index (χ2v) is 12.4. The summed E-state index contributed by atoms with van der Waals surface area (Å²) in [6, 6.07) is -1.89. The van der Waals surface area contributed by atoms with Crippen LogP contribution in [0.15, 0.2) is 0 Å². The van der Waals surface area contributed by atoms with E-state index in [2.05, 4.69) is 16.0 Å². The number of hydrogen-bond acceptors (Lipinski definition) is 9. The summed E-state index contributed by atoms with van der Waals surface area (Å²) < 4.78 is 10.5. The topological polar surface area (TPSA) is 214 Å². The molecule has 0 aliphatic rings. The Morgan fingerprint density at radius 1 is 0.592 bits per heavy atom. The molecule has 0 bridgehead atoms. The molecule has 3 amide bonds. The summed E-state index contributed by atoms with van der Waals surface area (Å²) in [4.78, 5) is 80.2. The lowest BCUT2D eigenvalue weighted by molar-refractivity contribution is -0.143. The normalized spacial score (nSPS) is 12.1. The Bertz CT molecular complexity index is 961. The van der Waals surface area contributed by atoms with E-state index in [-0.39, 0.29) is 82.7 Å². The molecule has 14 heteroatoms. The Labute approximate surface area is 291 Å². The Hall–Kier alpha value is -3.39. The molecule has 5 N–H and O–H groups in total. The first-order chi connectivity index (χ1) is 23.5. The van der Waals surface area contributed by atoms with E-state index < -0.39 is 29.9 Å². The van der Waals surface area contributed by atoms with Crippen LogP contribution in [0.1, 0.15) is 135 Å². The number of aliphatic carboxylic acids is 2. The average Bonchev–Trinajstić information content (AvgIpc) is 3.05. The van der Waals surface area contributed by atoms with Gasteiger partial charge in [-0.3, -0.25) is 19.2 Å². The first-order valence-corrected chi connectivity index (χ1v) is 17.9. The van der Waals surface area contributed by atoms with E-state index in [0.717, 1.165) is 44.9 Å². The quantitative estimate of drug-likeness (QED) is 0.0473. The van der Waals surface area contributed by atoms with Gasteiger partial charge in [-0.1, -0.05) is 77.0 Å². The molecular weight excluding hydrogens is 638 g/mol. The van der Waals surface area contributed by atoms with Gasteiger partial charge in [0.2, 0.25) is 17.7 Å². The van der Waals surface area contributed by atoms with Crippen LogP contribution in [0.25, 0.3) is 0 Å². The number of carboxylic acids is 2. The molecule has 0 saturated carbocycles. The van der Waals surface area contributed by atoms with E-state index in [4.69, 9.17) is 19.7 Å². The number of Topliss-reactive ketones (excluding diaryl/α,β-unsaturated/α-hetero) is 1. The Kier molecular flexibility index (Phi) is 29.6. The van der Waals surface area contributed by atoms with Crippen LogP contribution in [0.4, 0.5) is 0 Å². The van der Waals surface area contributed by atoms with Crippen molar-refractivity contribution in [3.8, 4) is 0 Å². The zero-order chi connectivity index (χ0) is 36.5. The van der Waals surface area contributed by atoms with Crippen molar-refractivity contribution in [2.45, 2.75) is 147 Å². The van der Waals surface area contributed by atoms with Gasteiger partial charge in [-0.2, -0.15) is 0 Å². The number of carbonyl (C=O) groups is 7. The van der Waals surface area contributed by atoms with E-state index in [1.54, 1.807) is 0 Å². The molecule has 0 fully saturated rings. The van der Waals surface area contributed by atoms with E-state index in [1.807, 2.05) is 0 Å². The third-order valence-electron chi connectivity index (χ3n) is 7.83. The standard InChI is InChI=1S/C35H61N3O11/c1-28(40)18-20-30(35(46)47)38-33(43)27-49-25-24-48-23-22-36-31(41)21-19-29(26-39)37-32(42)16-14-12-10-8-6-4-2-3-5-7-9-11-13-15-17-34(44)45/h26,29-30H,2-25,27H2,1H3,(H,36,41)(H,37,42)(H,38,43)(H,44,45)(H,46,47). The fraction of sp³-hybridized carbons (Fsp3) is 0.800. The number of ketones is 1. The van der Waals surface area contributed by atoms with Gasteiger partial charge in [-0.05, 0) is 32.6 Å². The largest absolute Gasteiger partial charge is 0.481 e. The molecule has 2 atom stereocenters. The van der Waals surface area contributed by atoms with Crippen LogP contribution >= 0.6 is 0 Å². The van der Waals surface area contributed by atoms with Crippen molar-refractivity contribution in [3.05, 3.63) is 0 Å². The van der Waals surface area contributed by atoms with Crippen LogP contribution in [-0.2, 0) is 43.0 Å². The number of hydrogen-bond donors (Lipinski definition) is 5. The van der Waals surface area contributed by atoms with Crippen molar-refractivity contribution < 1.29 is 53.2 Å². The number of carbonyl (C=O) groups excluding carboxylic acids is 5. The average molecular weight is 700 g/mol. The van der Waals surface area contributed by atoms with Crippen molar-refractivity contribution >= 4 is 41.7 Å². The fourth-order valence-corrected chi connectivity index (χ4v) is 5.00. The maximum atomic E-state index is 12.2. The van der Waals surface area contributed by atoms with Crippen molar-refractivity contribution in [1.29, 1.82) is 0 Å². The number of ether oxygens (including phenoxy) is 2. The smallest absolute Gasteiger partial charge is 0.326 e. The summed E-state index contributed by atoms with van der Waals surface area (Å²) in [6.07, 6.45) is 17.0. The third kappa shape index (κ3) is 31.6. The Balaban J connectivity index is 3.70. The summed E-state index contributed by atoms with van der Waals surface area (Å²) >= 11 is 0. The number of nitrogens with one attached hydrogen (secondary N) is 3. The van der Waals surface area contributed by atoms with Gasteiger partial charge in [0.05, 0.1) is 25.9 Å². The molecule has 2 unspecified atom stereocenters. The first kappa shape index (κ1) is 45.6. The first-order valence-electron chi connectivity index (χ1n) is 17.9. The third-order valence-corrected chi connectivity index (χ3v) is 7.83. The van der Waals surface area contributed by atoms with E-state index in [1.165, 1.54) is 51.9 Å². The van der Waals surface area contributed by atoms with Gasteiger partial charge in [0.25, 0.3) is 0 Å². The van der Waals surface area contributed by atoms with E-state index in [9.17, 15) is 33.6 Å². The van der Waals surface area contributed by atoms with Crippen LogP contribution in [-0.4, -0.2) is 97.0 Å². The number of unbranched alkanes of at least 4 members (excludes halogenated alkanes) is 13. The monoisotopic (exact) mass is 699 g/mol. The van der Waals surface area contributed by atoms with Gasteiger partial charge in [0.15, 0.2) is 0 Å². The molecular formula is C35H61N3O11. The zero-order valence-electron chi connectivity index (χ0n) is 29.5. The second kappa shape index (κ2) is 31.9. The molecule has 0 aromatic carbocycles. The van der Waals surface area contributed by atoms with Gasteiger partial charge in [-0.25, -0.2) is 4.79 Å². The Morgan fingerprint density at radius 3 is 1.63 bits per heavy atom. The van der Waals surface area contributed by atoms with Crippen LogP contribution in [0, 0.1) is 0 Å². The number of amides is 3. The molecule has 0 spiro atoms. The van der Waals surface area contributed by atoms with Crippen LogP contribution in [0.3, 0.4) is 0 Å². The van der Waals surface area contributed by atoms with Gasteiger partial charge < -0.3 is 45.2 Å². The lowest BCUT2D eigenvalue weighted by Gasteiger charge is -2.14. The maximum absolute atomic E-state index is 12.2. The van der Waals surface area contributed by atoms with Crippen molar-refractivity contribution in [2.24, 2.45) is 0 Å². The molecule has 0 saturated heterocycles. The summed E-state index contributed by atoms with van der Waals surface area (Å²) in [5.41, 5.74) is 0. The molecule has 0 aromatic rings. The molecule has 0 heterocycles. The highest BCUT2D eigenvalue weighted by atomic mass is 16.5. The summed E-state index contributed by atoms with van der Waals surface area (Å²) in [5.74, 6) is -3.19. The Morgan fingerprint density at radius 2 is 1.12 bits per heavy atom. The predicted molar refractivity (Wildman–Crippen MR) is 183 cm³/mol. The molecule has 49 heavy (non-hydrogen) atoms. The predicted octanol–water partition coefficient (Wildman–Crippen LogP) is 3.86. The van der Waals surface area contributed by atoms with Gasteiger partial charge in [-0.15, -0.1) is 0 Å². The lowest BCUT2D eigenvalue weighted by Crippen LogP contribution is -2.42. The molecule has 0 rings (SSSR count). The molecule has 282 valence electrons. The minimum absolute atomic E-state index is 0.00175. The second-order valence-electron chi connectivity index (χ2n) is 12.4. The van der Waals surface area contributed by atoms with E-state index in [0.29, 0.717) is 12.7 Å². The van der Waals surface area contributed by atoms with Crippen LogP contribution in [0.5, 0.6) is 0 Å². The van der Waals surface area contributed by atoms with Crippen molar-refractivity contribution in [2.75, 3.05) is 33.0 Å². The zero-order valence-corrected chi connectivity index (χ0v) is 29.5. The number of rotatable bonds is 35. The summed E-state index contributed by atoms with van der Waals surface area (Å²) in [7, 11) is 0. The molecule has 0 radical (unpaired) electrons. The summed E-state index contributed by atoms with van der Waals surface area (Å²) in [5, 5.41) is 25.4. The van der Waals surface area contributed by atoms with Crippen LogP contribution in [0.2, 0.25) is 0 Å². The highest BCUT2D eigenvalue weighted by Crippen LogP contribution is 2.14. The van der Waals surface area contributed by atoms with Crippen LogP contribution < -0.4 is 16.0 Å². The molecule has 14 nitrogen and oxygen atoms in total. The van der Waals surface area contributed by atoms with E-state index >= 15 is 0 Å². The minimum atomic E-state index is -1.23. The maximum Gasteiger partial charge on any atom is 0.326 e. The number of aldehydes is 1. The fourth-order valence-electron chi connectivity index (χ4n) is 5.00. The van der Waals surface area contributed by atoms with Gasteiger partial charge in [0.1, 0.15) is 24.7 Å². The van der Waals surface area contributed by atoms with Crippen molar-refractivity contribution in [3.63, 3.8) is 0 Å². The highest BCUT2D eigenvalue weighted by molar-refractivity contribution is 5.85. The number of carboxylic acid groups (broad SMARTS) is 2. The van der Waals surface area contributed by atoms with Gasteiger partial charge >= 0.3 is 11.9 Å².